The first-order valence-electron chi connectivity index (χ1n) is 9.74. The van der Waals surface area contributed by atoms with E-state index in [0.29, 0.717) is 41.0 Å². The van der Waals surface area contributed by atoms with Crippen molar-refractivity contribution in [3.8, 4) is 0 Å². The van der Waals surface area contributed by atoms with Crippen LogP contribution in [0, 0.1) is 0 Å². The zero-order chi connectivity index (χ0) is 21.8. The smallest absolute Gasteiger partial charge is 0.222 e. The van der Waals surface area contributed by atoms with Crippen LogP contribution in [0.15, 0.2) is 60.9 Å². The SMILES string of the molecule is O=C(CCn1c(Cc2ccccc2Cl)nc2cc(Cl)c(Cl)cc21)NCc1cccnc1. The van der Waals surface area contributed by atoms with Crippen molar-refractivity contribution < 1.29 is 4.79 Å². The molecule has 0 saturated carbocycles. The third-order valence-corrected chi connectivity index (χ3v) is 6.04. The predicted octanol–water partition coefficient (Wildman–Crippen LogP) is 5.69. The Kier molecular flexibility index (Phi) is 6.76. The van der Waals surface area contributed by atoms with Gasteiger partial charge in [-0.1, -0.05) is 59.1 Å². The lowest BCUT2D eigenvalue weighted by Crippen LogP contribution is -2.24. The molecule has 0 unspecified atom stereocenters. The summed E-state index contributed by atoms with van der Waals surface area (Å²) in [4.78, 5) is 21.3. The van der Waals surface area contributed by atoms with E-state index in [1.54, 1.807) is 24.5 Å². The normalized spacial score (nSPS) is 11.1. The molecule has 0 fully saturated rings. The van der Waals surface area contributed by atoms with Gasteiger partial charge in [0.2, 0.25) is 5.91 Å². The minimum absolute atomic E-state index is 0.0607. The van der Waals surface area contributed by atoms with Gasteiger partial charge in [0.15, 0.2) is 0 Å². The second kappa shape index (κ2) is 9.69. The number of aromatic nitrogens is 3. The standard InChI is InChI=1S/C23H19Cl3N4O/c24-17-6-2-1-5-16(17)10-22-29-20-11-18(25)19(26)12-21(20)30(22)9-7-23(31)28-14-15-4-3-8-27-13-15/h1-6,8,11-13H,7,9-10,14H2,(H,28,31). The topological polar surface area (TPSA) is 59.8 Å². The van der Waals surface area contributed by atoms with E-state index in [9.17, 15) is 4.79 Å². The maximum atomic E-state index is 12.5. The highest BCUT2D eigenvalue weighted by Gasteiger charge is 2.16. The average Bonchev–Trinajstić information content (AvgIpc) is 3.09. The second-order valence-corrected chi connectivity index (χ2v) is 8.31. The lowest BCUT2D eigenvalue weighted by atomic mass is 10.1. The van der Waals surface area contributed by atoms with Crippen molar-refractivity contribution in [1.29, 1.82) is 0 Å². The highest BCUT2D eigenvalue weighted by molar-refractivity contribution is 6.42. The highest BCUT2D eigenvalue weighted by atomic mass is 35.5. The van der Waals surface area contributed by atoms with Crippen LogP contribution in [-0.2, 0) is 24.3 Å². The van der Waals surface area contributed by atoms with E-state index in [1.807, 2.05) is 41.0 Å². The molecule has 2 heterocycles. The molecule has 5 nitrogen and oxygen atoms in total. The summed E-state index contributed by atoms with van der Waals surface area (Å²) < 4.78 is 2.00. The number of carbonyl (C=O) groups is 1. The number of fused-ring (bicyclic) bond motifs is 1. The zero-order valence-corrected chi connectivity index (χ0v) is 18.8. The molecule has 0 aliphatic carbocycles. The molecule has 0 bridgehead atoms. The van der Waals surface area contributed by atoms with E-state index in [2.05, 4.69) is 10.3 Å². The molecule has 0 saturated heterocycles. The predicted molar refractivity (Wildman–Crippen MR) is 125 cm³/mol. The van der Waals surface area contributed by atoms with Crippen molar-refractivity contribution >= 4 is 51.7 Å². The summed E-state index contributed by atoms with van der Waals surface area (Å²) in [6.45, 7) is 0.887. The van der Waals surface area contributed by atoms with Crippen molar-refractivity contribution in [3.63, 3.8) is 0 Å². The summed E-state index contributed by atoms with van der Waals surface area (Å²) in [5.74, 6) is 0.732. The number of imidazole rings is 1. The fraction of sp³-hybridized carbons (Fsp3) is 0.174. The Hall–Kier alpha value is -2.60. The number of nitrogens with zero attached hydrogens (tertiary/aromatic N) is 3. The first-order chi connectivity index (χ1) is 15.0. The van der Waals surface area contributed by atoms with Crippen LogP contribution >= 0.6 is 34.8 Å². The Labute approximate surface area is 195 Å². The number of hydrogen-bond acceptors (Lipinski definition) is 3. The number of carbonyl (C=O) groups excluding carboxylic acids is 1. The van der Waals surface area contributed by atoms with Crippen LogP contribution in [0.3, 0.4) is 0 Å². The molecule has 31 heavy (non-hydrogen) atoms. The molecule has 0 spiro atoms. The molecule has 2 aromatic carbocycles. The maximum absolute atomic E-state index is 12.5. The van der Waals surface area contributed by atoms with E-state index in [4.69, 9.17) is 39.8 Å². The monoisotopic (exact) mass is 472 g/mol. The lowest BCUT2D eigenvalue weighted by molar-refractivity contribution is -0.121. The van der Waals surface area contributed by atoms with Crippen LogP contribution in [0.5, 0.6) is 0 Å². The molecule has 0 aliphatic heterocycles. The van der Waals surface area contributed by atoms with Gasteiger partial charge < -0.3 is 9.88 Å². The third-order valence-electron chi connectivity index (χ3n) is 4.95. The number of benzene rings is 2. The minimum atomic E-state index is -0.0607. The maximum Gasteiger partial charge on any atom is 0.222 e. The average molecular weight is 474 g/mol. The minimum Gasteiger partial charge on any atom is -0.352 e. The zero-order valence-electron chi connectivity index (χ0n) is 16.5. The van der Waals surface area contributed by atoms with E-state index in [0.717, 1.165) is 28.0 Å². The van der Waals surface area contributed by atoms with Gasteiger partial charge in [0, 0.05) is 43.3 Å². The van der Waals surface area contributed by atoms with Crippen LogP contribution in [0.25, 0.3) is 11.0 Å². The molecule has 2 aromatic heterocycles. The van der Waals surface area contributed by atoms with Crippen molar-refractivity contribution in [1.82, 2.24) is 19.9 Å². The lowest BCUT2D eigenvalue weighted by Gasteiger charge is -2.11. The Morgan fingerprint density at radius 1 is 1.00 bits per heavy atom. The van der Waals surface area contributed by atoms with Gasteiger partial charge in [0.25, 0.3) is 0 Å². The first-order valence-corrected chi connectivity index (χ1v) is 10.9. The number of halogens is 3. The van der Waals surface area contributed by atoms with Crippen LogP contribution in [0.1, 0.15) is 23.4 Å². The summed E-state index contributed by atoms with van der Waals surface area (Å²) in [6.07, 6.45) is 4.26. The fourth-order valence-electron chi connectivity index (χ4n) is 3.37. The molecule has 0 aliphatic rings. The van der Waals surface area contributed by atoms with E-state index in [-0.39, 0.29) is 5.91 Å². The molecule has 4 aromatic rings. The van der Waals surface area contributed by atoms with E-state index in [1.165, 1.54) is 0 Å². The summed E-state index contributed by atoms with van der Waals surface area (Å²) in [6, 6.07) is 14.9. The van der Waals surface area contributed by atoms with Gasteiger partial charge in [-0.25, -0.2) is 4.98 Å². The molecule has 0 radical (unpaired) electrons. The Bertz CT molecular complexity index is 1220. The quantitative estimate of drug-likeness (QED) is 0.375. The molecular formula is C23H19Cl3N4O. The Morgan fingerprint density at radius 3 is 2.58 bits per heavy atom. The summed E-state index contributed by atoms with van der Waals surface area (Å²) in [7, 11) is 0. The van der Waals surface area contributed by atoms with Gasteiger partial charge in [-0.15, -0.1) is 0 Å². The molecule has 8 heteroatoms. The van der Waals surface area contributed by atoms with Gasteiger partial charge in [0.05, 0.1) is 21.1 Å². The van der Waals surface area contributed by atoms with Crippen molar-refractivity contribution in [2.24, 2.45) is 0 Å². The molecule has 1 N–H and O–H groups in total. The number of aryl methyl sites for hydroxylation is 1. The van der Waals surface area contributed by atoms with Crippen LogP contribution < -0.4 is 5.32 Å². The molecule has 0 atom stereocenters. The Morgan fingerprint density at radius 2 is 1.81 bits per heavy atom. The number of amides is 1. The van der Waals surface area contributed by atoms with Gasteiger partial charge >= 0.3 is 0 Å². The second-order valence-electron chi connectivity index (χ2n) is 7.09. The fourth-order valence-corrected chi connectivity index (χ4v) is 3.89. The van der Waals surface area contributed by atoms with Crippen LogP contribution in [0.2, 0.25) is 15.1 Å². The van der Waals surface area contributed by atoms with Crippen molar-refractivity contribution in [2.45, 2.75) is 25.9 Å². The van der Waals surface area contributed by atoms with Gasteiger partial charge in [0.1, 0.15) is 5.82 Å². The molecule has 158 valence electrons. The Balaban J connectivity index is 1.56. The van der Waals surface area contributed by atoms with Gasteiger partial charge in [-0.2, -0.15) is 0 Å². The number of nitrogens with one attached hydrogen (secondary N) is 1. The van der Waals surface area contributed by atoms with Crippen molar-refractivity contribution in [2.75, 3.05) is 0 Å². The summed E-state index contributed by atoms with van der Waals surface area (Å²) in [5, 5.41) is 4.49. The molecular weight excluding hydrogens is 455 g/mol. The third kappa shape index (κ3) is 5.18. The summed E-state index contributed by atoms with van der Waals surface area (Å²) >= 11 is 18.8. The van der Waals surface area contributed by atoms with Crippen LogP contribution in [0.4, 0.5) is 0 Å². The number of pyridine rings is 1. The van der Waals surface area contributed by atoms with Gasteiger partial charge in [-0.3, -0.25) is 9.78 Å². The highest BCUT2D eigenvalue weighted by Crippen LogP contribution is 2.30. The molecule has 1 amide bonds. The van der Waals surface area contributed by atoms with Gasteiger partial charge in [-0.05, 0) is 35.4 Å². The van der Waals surface area contributed by atoms with E-state index < -0.39 is 0 Å². The van der Waals surface area contributed by atoms with E-state index >= 15 is 0 Å². The number of rotatable bonds is 7. The largest absolute Gasteiger partial charge is 0.352 e. The van der Waals surface area contributed by atoms with Crippen LogP contribution in [-0.4, -0.2) is 20.4 Å². The molecule has 4 rings (SSSR count). The summed E-state index contributed by atoms with van der Waals surface area (Å²) in [5.41, 5.74) is 3.47. The first kappa shape index (κ1) is 21.6. The number of hydrogen-bond donors (Lipinski definition) is 1. The van der Waals surface area contributed by atoms with Crippen molar-refractivity contribution in [3.05, 3.63) is 92.9 Å².